The topological polar surface area (TPSA) is 83.3 Å². The highest BCUT2D eigenvalue weighted by atomic mass is 16.3. The van der Waals surface area contributed by atoms with Gasteiger partial charge in [0.15, 0.2) is 5.82 Å². The van der Waals surface area contributed by atoms with Crippen LogP contribution in [0, 0.1) is 5.92 Å². The third-order valence-electron chi connectivity index (χ3n) is 4.22. The van der Waals surface area contributed by atoms with Gasteiger partial charge in [-0.2, -0.15) is 0 Å². The molecule has 1 aromatic heterocycles. The van der Waals surface area contributed by atoms with Crippen LogP contribution in [0.15, 0.2) is 30.6 Å². The SMILES string of the molecule is CC(NC(=O)N(Cc1cccc(O)c1)CC1CC1)c1nncn1C. The van der Waals surface area contributed by atoms with Crippen molar-refractivity contribution in [3.63, 3.8) is 0 Å². The Morgan fingerprint density at radius 3 is 2.92 bits per heavy atom. The van der Waals surface area contributed by atoms with Crippen molar-refractivity contribution >= 4 is 6.03 Å². The zero-order chi connectivity index (χ0) is 17.1. The van der Waals surface area contributed by atoms with E-state index in [2.05, 4.69) is 15.5 Å². The smallest absolute Gasteiger partial charge is 0.318 e. The number of carbonyl (C=O) groups is 1. The number of rotatable bonds is 6. The van der Waals surface area contributed by atoms with E-state index in [1.807, 2.05) is 20.0 Å². The number of hydrogen-bond acceptors (Lipinski definition) is 4. The maximum absolute atomic E-state index is 12.7. The van der Waals surface area contributed by atoms with E-state index in [4.69, 9.17) is 0 Å². The average molecular weight is 329 g/mol. The van der Waals surface area contributed by atoms with Gasteiger partial charge in [0.2, 0.25) is 0 Å². The molecule has 0 bridgehead atoms. The molecule has 0 saturated heterocycles. The molecule has 0 aliphatic heterocycles. The minimum Gasteiger partial charge on any atom is -0.508 e. The van der Waals surface area contributed by atoms with E-state index < -0.39 is 0 Å². The van der Waals surface area contributed by atoms with Gasteiger partial charge in [0.1, 0.15) is 12.1 Å². The number of amides is 2. The summed E-state index contributed by atoms with van der Waals surface area (Å²) in [5.74, 6) is 1.51. The molecule has 7 nitrogen and oxygen atoms in total. The monoisotopic (exact) mass is 329 g/mol. The first-order chi connectivity index (χ1) is 11.5. The molecule has 1 aliphatic carbocycles. The van der Waals surface area contributed by atoms with E-state index in [9.17, 15) is 9.90 Å². The van der Waals surface area contributed by atoms with Gasteiger partial charge >= 0.3 is 6.03 Å². The zero-order valence-corrected chi connectivity index (χ0v) is 14.0. The molecule has 2 N–H and O–H groups in total. The van der Waals surface area contributed by atoms with E-state index in [0.717, 1.165) is 12.1 Å². The average Bonchev–Trinajstić information content (AvgIpc) is 3.25. The second-order valence-corrected chi connectivity index (χ2v) is 6.47. The predicted molar refractivity (Wildman–Crippen MR) is 89.2 cm³/mol. The van der Waals surface area contributed by atoms with Crippen LogP contribution in [0.4, 0.5) is 4.79 Å². The molecule has 0 spiro atoms. The Hall–Kier alpha value is -2.57. The van der Waals surface area contributed by atoms with Gasteiger partial charge in [-0.15, -0.1) is 10.2 Å². The molecule has 0 radical (unpaired) electrons. The quantitative estimate of drug-likeness (QED) is 0.851. The van der Waals surface area contributed by atoms with Crippen LogP contribution in [0.3, 0.4) is 0 Å². The summed E-state index contributed by atoms with van der Waals surface area (Å²) in [6, 6.07) is 6.68. The summed E-state index contributed by atoms with van der Waals surface area (Å²) in [5, 5.41) is 20.5. The molecule has 1 fully saturated rings. The molecule has 2 amide bonds. The highest BCUT2D eigenvalue weighted by Crippen LogP contribution is 2.30. The third-order valence-corrected chi connectivity index (χ3v) is 4.22. The molecule has 3 rings (SSSR count). The van der Waals surface area contributed by atoms with Gasteiger partial charge < -0.3 is 19.9 Å². The Morgan fingerprint density at radius 2 is 2.29 bits per heavy atom. The lowest BCUT2D eigenvalue weighted by molar-refractivity contribution is 0.188. The van der Waals surface area contributed by atoms with Crippen molar-refractivity contribution in [2.75, 3.05) is 6.54 Å². The van der Waals surface area contributed by atoms with Crippen molar-refractivity contribution in [2.45, 2.75) is 32.4 Å². The number of aromatic nitrogens is 3. The number of aryl methyl sites for hydroxylation is 1. The van der Waals surface area contributed by atoms with Gasteiger partial charge in [0.05, 0.1) is 6.04 Å². The van der Waals surface area contributed by atoms with Crippen molar-refractivity contribution in [3.8, 4) is 5.75 Å². The normalized spacial score (nSPS) is 15.1. The summed E-state index contributed by atoms with van der Waals surface area (Å²) in [6.07, 6.45) is 3.96. The van der Waals surface area contributed by atoms with Crippen LogP contribution in [0.2, 0.25) is 0 Å². The van der Waals surface area contributed by atoms with E-state index in [-0.39, 0.29) is 17.8 Å². The van der Waals surface area contributed by atoms with Crippen molar-refractivity contribution in [2.24, 2.45) is 13.0 Å². The van der Waals surface area contributed by atoms with E-state index in [1.54, 1.807) is 34.0 Å². The standard InChI is InChI=1S/C17H23N5O2/c1-12(16-20-18-11-21(16)2)19-17(24)22(9-13-6-7-13)10-14-4-3-5-15(23)8-14/h3-5,8,11-13,23H,6-7,9-10H2,1-2H3,(H,19,24). The number of carbonyl (C=O) groups excluding carboxylic acids is 1. The van der Waals surface area contributed by atoms with Crippen LogP contribution in [0.1, 0.15) is 37.2 Å². The maximum Gasteiger partial charge on any atom is 0.318 e. The Kier molecular flexibility index (Phi) is 4.69. The first-order valence-electron chi connectivity index (χ1n) is 8.20. The van der Waals surface area contributed by atoms with Gasteiger partial charge in [-0.25, -0.2) is 4.79 Å². The molecular weight excluding hydrogens is 306 g/mol. The second kappa shape index (κ2) is 6.90. The summed E-state index contributed by atoms with van der Waals surface area (Å²) >= 11 is 0. The molecule has 1 atom stereocenters. The first-order valence-corrected chi connectivity index (χ1v) is 8.20. The van der Waals surface area contributed by atoms with Crippen LogP contribution in [-0.4, -0.2) is 37.3 Å². The molecule has 1 unspecified atom stereocenters. The largest absolute Gasteiger partial charge is 0.508 e. The van der Waals surface area contributed by atoms with Crippen LogP contribution >= 0.6 is 0 Å². The summed E-state index contributed by atoms with van der Waals surface area (Å²) in [4.78, 5) is 14.5. The van der Waals surface area contributed by atoms with Gasteiger partial charge in [-0.1, -0.05) is 12.1 Å². The van der Waals surface area contributed by atoms with Gasteiger partial charge in [0.25, 0.3) is 0 Å². The van der Waals surface area contributed by atoms with Crippen LogP contribution in [-0.2, 0) is 13.6 Å². The van der Waals surface area contributed by atoms with Crippen LogP contribution in [0.25, 0.3) is 0 Å². The van der Waals surface area contributed by atoms with Crippen molar-refractivity contribution in [1.82, 2.24) is 25.0 Å². The highest BCUT2D eigenvalue weighted by molar-refractivity contribution is 5.74. The van der Waals surface area contributed by atoms with Crippen LogP contribution < -0.4 is 5.32 Å². The second-order valence-electron chi connectivity index (χ2n) is 6.47. The number of aromatic hydroxyl groups is 1. The van der Waals surface area contributed by atoms with E-state index in [0.29, 0.717) is 18.3 Å². The van der Waals surface area contributed by atoms with E-state index in [1.165, 1.54) is 12.8 Å². The van der Waals surface area contributed by atoms with Crippen molar-refractivity contribution in [3.05, 3.63) is 42.0 Å². The molecule has 7 heteroatoms. The fourth-order valence-electron chi connectivity index (χ4n) is 2.73. The molecule has 24 heavy (non-hydrogen) atoms. The Bertz CT molecular complexity index is 711. The lowest BCUT2D eigenvalue weighted by Crippen LogP contribution is -2.42. The summed E-state index contributed by atoms with van der Waals surface area (Å²) in [6.45, 7) is 3.10. The summed E-state index contributed by atoms with van der Waals surface area (Å²) in [7, 11) is 1.85. The van der Waals surface area contributed by atoms with Crippen LogP contribution in [0.5, 0.6) is 5.75 Å². The predicted octanol–water partition coefficient (Wildman–Crippen LogP) is 2.20. The number of phenols is 1. The number of urea groups is 1. The molecule has 1 saturated carbocycles. The highest BCUT2D eigenvalue weighted by Gasteiger charge is 2.28. The Labute approximate surface area is 141 Å². The van der Waals surface area contributed by atoms with Gasteiger partial charge in [-0.3, -0.25) is 0 Å². The lowest BCUT2D eigenvalue weighted by atomic mass is 10.2. The van der Waals surface area contributed by atoms with Gasteiger partial charge in [0, 0.05) is 20.1 Å². The maximum atomic E-state index is 12.7. The minimum absolute atomic E-state index is 0.124. The fourth-order valence-corrected chi connectivity index (χ4v) is 2.73. The fraction of sp³-hybridized carbons (Fsp3) is 0.471. The Balaban J connectivity index is 1.68. The number of phenolic OH excluding ortho intramolecular Hbond substituents is 1. The lowest BCUT2D eigenvalue weighted by Gasteiger charge is -2.25. The van der Waals surface area contributed by atoms with Gasteiger partial charge in [-0.05, 0) is 43.4 Å². The van der Waals surface area contributed by atoms with E-state index >= 15 is 0 Å². The Morgan fingerprint density at radius 1 is 1.50 bits per heavy atom. The summed E-state index contributed by atoms with van der Waals surface area (Å²) in [5.41, 5.74) is 0.914. The number of nitrogens with zero attached hydrogens (tertiary/aromatic N) is 4. The number of hydrogen-bond donors (Lipinski definition) is 2. The van der Waals surface area contributed by atoms with Crippen molar-refractivity contribution < 1.29 is 9.90 Å². The number of nitrogens with one attached hydrogen (secondary N) is 1. The molecule has 1 aliphatic rings. The number of benzene rings is 1. The zero-order valence-electron chi connectivity index (χ0n) is 14.0. The molecule has 1 heterocycles. The molecular formula is C17H23N5O2. The molecule has 1 aromatic carbocycles. The molecule has 2 aromatic rings. The summed E-state index contributed by atoms with van der Waals surface area (Å²) < 4.78 is 1.80. The first kappa shape index (κ1) is 16.3. The molecule has 128 valence electrons. The third kappa shape index (κ3) is 4.04. The van der Waals surface area contributed by atoms with Crippen molar-refractivity contribution in [1.29, 1.82) is 0 Å². The minimum atomic E-state index is -0.226.